The van der Waals surface area contributed by atoms with E-state index in [1.54, 1.807) is 0 Å². The Bertz CT molecular complexity index is 579. The maximum atomic E-state index is 13.3. The van der Waals surface area contributed by atoms with Gasteiger partial charge in [-0.25, -0.2) is 12.8 Å². The molecule has 0 saturated heterocycles. The minimum atomic E-state index is -3.71. The fourth-order valence-electron chi connectivity index (χ4n) is 1.65. The van der Waals surface area contributed by atoms with Crippen molar-refractivity contribution in [1.29, 1.82) is 0 Å². The predicted octanol–water partition coefficient (Wildman–Crippen LogP) is 1.32. The van der Waals surface area contributed by atoms with Crippen molar-refractivity contribution in [3.63, 3.8) is 0 Å². The molecular formula is C13H17FN2O2S. The molecule has 104 valence electrons. The van der Waals surface area contributed by atoms with Gasteiger partial charge in [0.05, 0.1) is 11.4 Å². The Hall–Kier alpha value is -1.42. The summed E-state index contributed by atoms with van der Waals surface area (Å²) >= 11 is 0. The molecule has 0 unspecified atom stereocenters. The van der Waals surface area contributed by atoms with E-state index in [-0.39, 0.29) is 23.5 Å². The maximum Gasteiger partial charge on any atom is 0.243 e. The van der Waals surface area contributed by atoms with E-state index in [1.165, 1.54) is 16.4 Å². The molecular weight excluding hydrogens is 267 g/mol. The van der Waals surface area contributed by atoms with Gasteiger partial charge in [0.1, 0.15) is 5.82 Å². The van der Waals surface area contributed by atoms with Crippen LogP contribution < -0.4 is 5.73 Å². The van der Waals surface area contributed by atoms with Gasteiger partial charge in [-0.1, -0.05) is 12.8 Å². The molecule has 19 heavy (non-hydrogen) atoms. The van der Waals surface area contributed by atoms with Crippen molar-refractivity contribution in [2.24, 2.45) is 5.73 Å². The number of sulfonamides is 1. The summed E-state index contributed by atoms with van der Waals surface area (Å²) < 4.78 is 39.2. The van der Waals surface area contributed by atoms with Gasteiger partial charge < -0.3 is 5.73 Å². The third-order valence-corrected chi connectivity index (χ3v) is 4.46. The van der Waals surface area contributed by atoms with E-state index in [1.807, 2.05) is 6.92 Å². The first-order chi connectivity index (χ1) is 8.97. The lowest BCUT2D eigenvalue weighted by Crippen LogP contribution is -2.32. The summed E-state index contributed by atoms with van der Waals surface area (Å²) in [4.78, 5) is 0.0121. The van der Waals surface area contributed by atoms with Crippen LogP contribution in [-0.4, -0.2) is 25.8 Å². The molecule has 2 N–H and O–H groups in total. The quantitative estimate of drug-likeness (QED) is 0.801. The van der Waals surface area contributed by atoms with Crippen LogP contribution in [0.25, 0.3) is 0 Å². The second kappa shape index (κ2) is 6.66. The van der Waals surface area contributed by atoms with Crippen molar-refractivity contribution in [2.45, 2.75) is 24.8 Å². The predicted molar refractivity (Wildman–Crippen MR) is 72.2 cm³/mol. The molecule has 0 aliphatic carbocycles. The van der Waals surface area contributed by atoms with Crippen molar-refractivity contribution in [3.05, 3.63) is 29.6 Å². The monoisotopic (exact) mass is 284 g/mol. The fourth-order valence-corrected chi connectivity index (χ4v) is 3.15. The molecule has 0 aliphatic rings. The van der Waals surface area contributed by atoms with Gasteiger partial charge in [-0.2, -0.15) is 4.31 Å². The number of terminal acetylenes is 1. The summed E-state index contributed by atoms with van der Waals surface area (Å²) in [6.45, 7) is 2.11. The van der Waals surface area contributed by atoms with Crippen LogP contribution in [0.15, 0.2) is 23.1 Å². The van der Waals surface area contributed by atoms with Crippen LogP contribution in [0.2, 0.25) is 0 Å². The van der Waals surface area contributed by atoms with Crippen LogP contribution in [0.4, 0.5) is 4.39 Å². The highest BCUT2D eigenvalue weighted by molar-refractivity contribution is 7.89. The second-order valence-electron chi connectivity index (χ2n) is 4.00. The summed E-state index contributed by atoms with van der Waals surface area (Å²) in [6, 6.07) is 3.59. The molecule has 0 amide bonds. The topological polar surface area (TPSA) is 63.4 Å². The average Bonchev–Trinajstić information content (AvgIpc) is 2.38. The largest absolute Gasteiger partial charge is 0.326 e. The highest BCUT2D eigenvalue weighted by Gasteiger charge is 2.23. The molecule has 1 aromatic rings. The third-order valence-electron chi connectivity index (χ3n) is 2.62. The summed E-state index contributed by atoms with van der Waals surface area (Å²) in [6.07, 6.45) is 5.82. The van der Waals surface area contributed by atoms with E-state index < -0.39 is 15.8 Å². The van der Waals surface area contributed by atoms with Gasteiger partial charge in [0, 0.05) is 18.7 Å². The van der Waals surface area contributed by atoms with Gasteiger partial charge in [-0.15, -0.1) is 6.42 Å². The maximum absolute atomic E-state index is 13.3. The first-order valence-electron chi connectivity index (χ1n) is 5.89. The highest BCUT2D eigenvalue weighted by atomic mass is 32.2. The molecule has 6 heteroatoms. The normalized spacial score (nSPS) is 11.5. The number of hydrogen-bond donors (Lipinski definition) is 1. The lowest BCUT2D eigenvalue weighted by Gasteiger charge is -2.19. The van der Waals surface area contributed by atoms with Crippen LogP contribution >= 0.6 is 0 Å². The minimum absolute atomic E-state index is 0.00842. The van der Waals surface area contributed by atoms with Gasteiger partial charge >= 0.3 is 0 Å². The Morgan fingerprint density at radius 3 is 2.68 bits per heavy atom. The molecule has 0 atom stereocenters. The molecule has 0 aliphatic heterocycles. The first-order valence-corrected chi connectivity index (χ1v) is 7.33. The minimum Gasteiger partial charge on any atom is -0.326 e. The van der Waals surface area contributed by atoms with Crippen molar-refractivity contribution < 1.29 is 12.8 Å². The molecule has 0 aromatic heterocycles. The molecule has 0 fully saturated rings. The van der Waals surface area contributed by atoms with E-state index in [0.717, 1.165) is 6.07 Å². The number of nitrogens with two attached hydrogens (primary N) is 1. The summed E-state index contributed by atoms with van der Waals surface area (Å²) in [5.74, 6) is 1.80. The number of benzene rings is 1. The average molecular weight is 284 g/mol. The van der Waals surface area contributed by atoms with Crippen LogP contribution in [0.1, 0.15) is 18.9 Å². The van der Waals surface area contributed by atoms with Gasteiger partial charge in [-0.05, 0) is 24.6 Å². The van der Waals surface area contributed by atoms with Crippen LogP contribution in [0.5, 0.6) is 0 Å². The zero-order valence-electron chi connectivity index (χ0n) is 10.8. The standard InChI is InChI=1S/C13H17FN2O2S/c1-3-7-16(8-4-2)19(17,18)12-5-6-13(14)11(9-12)10-15/h1,5-6,9H,4,7-8,10,15H2,2H3. The Morgan fingerprint density at radius 2 is 2.16 bits per heavy atom. The van der Waals surface area contributed by atoms with E-state index >= 15 is 0 Å². The molecule has 0 radical (unpaired) electrons. The third kappa shape index (κ3) is 3.53. The van der Waals surface area contributed by atoms with Crippen molar-refractivity contribution >= 4 is 10.0 Å². The molecule has 4 nitrogen and oxygen atoms in total. The second-order valence-corrected chi connectivity index (χ2v) is 5.94. The number of halogens is 1. The molecule has 0 spiro atoms. The first kappa shape index (κ1) is 15.6. The summed E-state index contributed by atoms with van der Waals surface area (Å²) in [5, 5.41) is 0. The zero-order chi connectivity index (χ0) is 14.5. The zero-order valence-corrected chi connectivity index (χ0v) is 11.6. The molecule has 0 bridgehead atoms. The van der Waals surface area contributed by atoms with Crippen molar-refractivity contribution in [1.82, 2.24) is 4.31 Å². The lowest BCUT2D eigenvalue weighted by molar-refractivity contribution is 0.445. The van der Waals surface area contributed by atoms with Gasteiger partial charge in [0.2, 0.25) is 10.0 Å². The number of hydrogen-bond acceptors (Lipinski definition) is 3. The molecule has 0 heterocycles. The van der Waals surface area contributed by atoms with Gasteiger partial charge in [0.15, 0.2) is 0 Å². The molecule has 0 saturated carbocycles. The molecule has 1 rings (SSSR count). The van der Waals surface area contributed by atoms with E-state index in [2.05, 4.69) is 5.92 Å². The van der Waals surface area contributed by atoms with E-state index in [4.69, 9.17) is 12.2 Å². The molecule has 1 aromatic carbocycles. The van der Waals surface area contributed by atoms with Gasteiger partial charge in [0.25, 0.3) is 0 Å². The van der Waals surface area contributed by atoms with Crippen LogP contribution in [0, 0.1) is 18.2 Å². The Kier molecular flexibility index (Phi) is 5.48. The highest BCUT2D eigenvalue weighted by Crippen LogP contribution is 2.19. The Balaban J connectivity index is 3.21. The van der Waals surface area contributed by atoms with Crippen LogP contribution in [-0.2, 0) is 16.6 Å². The SMILES string of the molecule is C#CCN(CCC)S(=O)(=O)c1ccc(F)c(CN)c1. The Morgan fingerprint density at radius 1 is 1.47 bits per heavy atom. The Labute approximate surface area is 113 Å². The van der Waals surface area contributed by atoms with Crippen molar-refractivity contribution in [2.75, 3.05) is 13.1 Å². The number of rotatable bonds is 6. The van der Waals surface area contributed by atoms with Crippen molar-refractivity contribution in [3.8, 4) is 12.3 Å². The summed E-state index contributed by atoms with van der Waals surface area (Å²) in [5.41, 5.74) is 5.54. The van der Waals surface area contributed by atoms with E-state index in [9.17, 15) is 12.8 Å². The fraction of sp³-hybridized carbons (Fsp3) is 0.385. The smallest absolute Gasteiger partial charge is 0.243 e. The summed E-state index contributed by atoms with van der Waals surface area (Å²) in [7, 11) is -3.71. The van der Waals surface area contributed by atoms with Gasteiger partial charge in [-0.3, -0.25) is 0 Å². The van der Waals surface area contributed by atoms with Crippen LogP contribution in [0.3, 0.4) is 0 Å². The van der Waals surface area contributed by atoms with E-state index in [0.29, 0.717) is 13.0 Å². The lowest BCUT2D eigenvalue weighted by atomic mass is 10.2. The number of nitrogens with zero attached hydrogens (tertiary/aromatic N) is 1.